The number of rotatable bonds is 7. The van der Waals surface area contributed by atoms with Crippen molar-refractivity contribution < 1.29 is 13.5 Å². The number of nitrogens with zero attached hydrogens (tertiary/aromatic N) is 5. The number of hydrogen-bond acceptors (Lipinski definition) is 7. The topological polar surface area (TPSA) is 89.0 Å². The molecule has 0 saturated carbocycles. The van der Waals surface area contributed by atoms with Gasteiger partial charge in [-0.05, 0) is 37.1 Å². The molecule has 0 amide bonds. The summed E-state index contributed by atoms with van der Waals surface area (Å²) in [5.74, 6) is 5.34. The van der Waals surface area contributed by atoms with E-state index in [2.05, 4.69) is 20.1 Å². The lowest BCUT2D eigenvalue weighted by molar-refractivity contribution is 0.151. The molecule has 0 unspecified atom stereocenters. The average Bonchev–Trinajstić information content (AvgIpc) is 2.62. The minimum absolute atomic E-state index is 0.0105. The van der Waals surface area contributed by atoms with E-state index in [-0.39, 0.29) is 18.2 Å². The van der Waals surface area contributed by atoms with Gasteiger partial charge in [0.15, 0.2) is 0 Å². The molecule has 2 N–H and O–H groups in total. The Morgan fingerprint density at radius 3 is 2.67 bits per heavy atom. The number of nitrogens with two attached hydrogens (primary N) is 1. The fraction of sp³-hybridized carbons (Fsp3) is 0.333. The van der Waals surface area contributed by atoms with Crippen molar-refractivity contribution in [1.29, 1.82) is 0 Å². The SMILES string of the molecule is Cc1cnc(OCC(C=Nc2ccc(N3CCC3)c(C(F)F)c2)=NN)nc1. The number of hydrazone groups is 1. The Morgan fingerprint density at radius 1 is 1.33 bits per heavy atom. The predicted molar refractivity (Wildman–Crippen MR) is 100 cm³/mol. The van der Waals surface area contributed by atoms with E-state index in [1.54, 1.807) is 24.5 Å². The molecule has 0 atom stereocenters. The van der Waals surface area contributed by atoms with Crippen LogP contribution in [0.2, 0.25) is 0 Å². The zero-order valence-corrected chi connectivity index (χ0v) is 14.8. The zero-order valence-electron chi connectivity index (χ0n) is 14.8. The lowest BCUT2D eigenvalue weighted by atomic mass is 10.1. The van der Waals surface area contributed by atoms with Crippen LogP contribution in [-0.4, -0.2) is 41.6 Å². The number of alkyl halides is 2. The number of hydrogen-bond donors (Lipinski definition) is 1. The first-order valence-corrected chi connectivity index (χ1v) is 8.46. The average molecular weight is 374 g/mol. The molecule has 0 aliphatic carbocycles. The molecule has 7 nitrogen and oxygen atoms in total. The van der Waals surface area contributed by atoms with Crippen LogP contribution in [0, 0.1) is 6.92 Å². The van der Waals surface area contributed by atoms with Gasteiger partial charge >= 0.3 is 6.01 Å². The molecule has 1 aromatic carbocycles. The van der Waals surface area contributed by atoms with Gasteiger partial charge in [-0.3, -0.25) is 4.99 Å². The van der Waals surface area contributed by atoms with Crippen molar-refractivity contribution in [3.8, 4) is 6.01 Å². The summed E-state index contributed by atoms with van der Waals surface area (Å²) in [6.45, 7) is 3.47. The maximum absolute atomic E-state index is 13.4. The van der Waals surface area contributed by atoms with E-state index in [0.29, 0.717) is 17.1 Å². The maximum atomic E-state index is 13.4. The molecule has 0 radical (unpaired) electrons. The minimum atomic E-state index is -2.57. The fourth-order valence-electron chi connectivity index (χ4n) is 2.49. The predicted octanol–water partition coefficient (Wildman–Crippen LogP) is 3.03. The number of halogens is 2. The van der Waals surface area contributed by atoms with Gasteiger partial charge in [0.05, 0.1) is 11.9 Å². The van der Waals surface area contributed by atoms with E-state index < -0.39 is 6.43 Å². The quantitative estimate of drug-likeness (QED) is 0.457. The number of benzene rings is 1. The highest BCUT2D eigenvalue weighted by Crippen LogP contribution is 2.35. The van der Waals surface area contributed by atoms with Crippen molar-refractivity contribution in [2.45, 2.75) is 19.8 Å². The van der Waals surface area contributed by atoms with E-state index in [1.807, 2.05) is 11.8 Å². The minimum Gasteiger partial charge on any atom is -0.457 e. The Hall–Kier alpha value is -3.10. The van der Waals surface area contributed by atoms with Crippen LogP contribution in [0.15, 0.2) is 40.7 Å². The second-order valence-corrected chi connectivity index (χ2v) is 6.09. The molecule has 1 aromatic heterocycles. The van der Waals surface area contributed by atoms with Gasteiger partial charge in [0.2, 0.25) is 0 Å². The molecule has 27 heavy (non-hydrogen) atoms. The molecule has 0 bridgehead atoms. The summed E-state index contributed by atoms with van der Waals surface area (Å²) in [5.41, 5.74) is 2.16. The smallest absolute Gasteiger partial charge is 0.316 e. The van der Waals surface area contributed by atoms with Gasteiger partial charge < -0.3 is 15.5 Å². The summed E-state index contributed by atoms with van der Waals surface area (Å²) in [7, 11) is 0. The number of aryl methyl sites for hydroxylation is 1. The number of aromatic nitrogens is 2. The molecule has 0 spiro atoms. The first kappa shape index (κ1) is 18.7. The van der Waals surface area contributed by atoms with Crippen molar-refractivity contribution in [3.63, 3.8) is 0 Å². The van der Waals surface area contributed by atoms with Crippen LogP contribution in [0.4, 0.5) is 20.2 Å². The van der Waals surface area contributed by atoms with Gasteiger partial charge in [0.1, 0.15) is 12.3 Å². The normalized spacial score (nSPS) is 14.7. The van der Waals surface area contributed by atoms with Gasteiger partial charge in [0, 0.05) is 36.7 Å². The second kappa shape index (κ2) is 8.52. The molecular formula is C18H20F2N6O. The van der Waals surface area contributed by atoms with Crippen LogP contribution in [0.25, 0.3) is 0 Å². The van der Waals surface area contributed by atoms with Crippen molar-refractivity contribution in [2.75, 3.05) is 24.6 Å². The number of ether oxygens (including phenoxy) is 1. The van der Waals surface area contributed by atoms with Crippen molar-refractivity contribution in [1.82, 2.24) is 9.97 Å². The van der Waals surface area contributed by atoms with E-state index in [9.17, 15) is 8.78 Å². The largest absolute Gasteiger partial charge is 0.457 e. The summed E-state index contributed by atoms with van der Waals surface area (Å²) in [6, 6.07) is 4.93. The number of aliphatic imine (C=N–C) groups is 1. The molecule has 2 heterocycles. The summed E-state index contributed by atoms with van der Waals surface area (Å²) in [5, 5.41) is 3.59. The molecular weight excluding hydrogens is 354 g/mol. The third-order valence-electron chi connectivity index (χ3n) is 4.08. The Labute approximate surface area is 155 Å². The van der Waals surface area contributed by atoms with Crippen LogP contribution in [0.1, 0.15) is 24.0 Å². The van der Waals surface area contributed by atoms with Crippen LogP contribution < -0.4 is 15.5 Å². The Balaban J connectivity index is 1.67. The highest BCUT2D eigenvalue weighted by molar-refractivity contribution is 6.31. The van der Waals surface area contributed by atoms with Crippen LogP contribution in [0.5, 0.6) is 6.01 Å². The Kier molecular flexibility index (Phi) is 5.90. The lowest BCUT2D eigenvalue weighted by Gasteiger charge is -2.34. The fourth-order valence-corrected chi connectivity index (χ4v) is 2.49. The second-order valence-electron chi connectivity index (χ2n) is 6.09. The molecule has 1 saturated heterocycles. The Morgan fingerprint density at radius 2 is 2.07 bits per heavy atom. The summed E-state index contributed by atoms with van der Waals surface area (Å²) in [6.07, 6.45) is 3.08. The lowest BCUT2D eigenvalue weighted by Crippen LogP contribution is -2.37. The maximum Gasteiger partial charge on any atom is 0.316 e. The monoisotopic (exact) mass is 374 g/mol. The van der Waals surface area contributed by atoms with E-state index in [0.717, 1.165) is 25.1 Å². The van der Waals surface area contributed by atoms with Crippen LogP contribution in [0.3, 0.4) is 0 Å². The number of anilines is 1. The molecule has 142 valence electrons. The third kappa shape index (κ3) is 4.75. The molecule has 9 heteroatoms. The third-order valence-corrected chi connectivity index (χ3v) is 4.08. The van der Waals surface area contributed by atoms with Crippen LogP contribution >= 0.6 is 0 Å². The van der Waals surface area contributed by atoms with Gasteiger partial charge in [-0.2, -0.15) is 5.10 Å². The van der Waals surface area contributed by atoms with Gasteiger partial charge in [-0.15, -0.1) is 0 Å². The zero-order chi connectivity index (χ0) is 19.2. The standard InChI is InChI=1S/C18H20F2N6O/c1-12-8-23-18(24-9-12)27-11-14(25-21)10-22-13-3-4-16(26-5-2-6-26)15(7-13)17(19)20/h3-4,7-10,17H,2,5-6,11,21H2,1H3. The first-order valence-electron chi connectivity index (χ1n) is 8.46. The van der Waals surface area contributed by atoms with Gasteiger partial charge in [-0.25, -0.2) is 18.7 Å². The van der Waals surface area contributed by atoms with Crippen molar-refractivity contribution in [3.05, 3.63) is 41.7 Å². The molecule has 2 aromatic rings. The molecule has 3 rings (SSSR count). The summed E-state index contributed by atoms with van der Waals surface area (Å²) in [4.78, 5) is 14.1. The van der Waals surface area contributed by atoms with Gasteiger partial charge in [-0.1, -0.05) is 0 Å². The van der Waals surface area contributed by atoms with Crippen molar-refractivity contribution in [2.24, 2.45) is 15.9 Å². The van der Waals surface area contributed by atoms with E-state index in [1.165, 1.54) is 12.3 Å². The first-order chi connectivity index (χ1) is 13.1. The Bertz CT molecular complexity index is 834. The summed E-state index contributed by atoms with van der Waals surface area (Å²) >= 11 is 0. The molecule has 1 aliphatic heterocycles. The molecule has 1 fully saturated rings. The van der Waals surface area contributed by atoms with E-state index in [4.69, 9.17) is 10.6 Å². The van der Waals surface area contributed by atoms with Crippen LogP contribution in [-0.2, 0) is 0 Å². The highest BCUT2D eigenvalue weighted by Gasteiger charge is 2.22. The highest BCUT2D eigenvalue weighted by atomic mass is 19.3. The van der Waals surface area contributed by atoms with E-state index >= 15 is 0 Å². The van der Waals surface area contributed by atoms with Gasteiger partial charge in [0.25, 0.3) is 6.43 Å². The van der Waals surface area contributed by atoms with Crippen molar-refractivity contribution >= 4 is 23.3 Å². The molecule has 1 aliphatic rings. The summed E-state index contributed by atoms with van der Waals surface area (Å²) < 4.78 is 32.1.